The zero-order valence-corrected chi connectivity index (χ0v) is 41.2. The van der Waals surface area contributed by atoms with Crippen molar-refractivity contribution in [2.45, 2.75) is 181 Å². The van der Waals surface area contributed by atoms with Crippen molar-refractivity contribution in [3.05, 3.63) is 47.6 Å². The molecule has 3 heterocycles. The molecule has 1 aliphatic carbocycles. The van der Waals surface area contributed by atoms with Gasteiger partial charge in [-0.2, -0.15) is 0 Å². The van der Waals surface area contributed by atoms with E-state index in [1.165, 1.54) is 12.0 Å². The fourth-order valence-electron chi connectivity index (χ4n) is 10.4. The zero-order valence-electron chi connectivity index (χ0n) is 41.2. The minimum atomic E-state index is -2.41. The fourth-order valence-corrected chi connectivity index (χ4v) is 10.4. The quantitative estimate of drug-likeness (QED) is 0.199. The Balaban J connectivity index is 1.70. The van der Waals surface area contributed by atoms with Gasteiger partial charge in [0.1, 0.15) is 18.2 Å². The van der Waals surface area contributed by atoms with E-state index in [4.69, 9.17) is 23.7 Å². The van der Waals surface area contributed by atoms with Crippen molar-refractivity contribution in [1.82, 2.24) is 4.90 Å². The summed E-state index contributed by atoms with van der Waals surface area (Å²) < 4.78 is 29.7. The number of fused-ring (bicyclic) bond motifs is 3. The van der Waals surface area contributed by atoms with Crippen molar-refractivity contribution in [3.8, 4) is 0 Å². The van der Waals surface area contributed by atoms with Gasteiger partial charge in [-0.3, -0.25) is 19.2 Å². The van der Waals surface area contributed by atoms with E-state index >= 15 is 0 Å². The molecule has 0 radical (unpaired) electrons. The predicted molar refractivity (Wildman–Crippen MR) is 248 cm³/mol. The summed E-state index contributed by atoms with van der Waals surface area (Å²) in [6.45, 7) is 15.1. The molecule has 0 aromatic carbocycles. The number of carbonyl (C=O) groups excluding carboxylic acids is 5. The lowest BCUT2D eigenvalue weighted by atomic mass is 9.76. The monoisotopic (exact) mass is 912 g/mol. The number of ether oxygens (including phenoxy) is 5. The molecular weight excluding hydrogens is 831 g/mol. The molecule has 15 atom stereocenters. The van der Waals surface area contributed by atoms with Gasteiger partial charge >= 0.3 is 5.97 Å². The number of aliphatic hydroxyl groups is 2. The first kappa shape index (κ1) is 54.3. The summed E-state index contributed by atoms with van der Waals surface area (Å²) in [6.07, 6.45) is 13.7. The Labute approximate surface area is 388 Å². The van der Waals surface area contributed by atoms with E-state index in [9.17, 15) is 34.2 Å². The molecule has 2 bridgehead atoms. The Morgan fingerprint density at radius 2 is 1.58 bits per heavy atom. The molecule has 0 aromatic heterocycles. The number of aliphatic hydroxyl groups excluding tert-OH is 1. The minimum Gasteiger partial charge on any atom is -0.460 e. The van der Waals surface area contributed by atoms with Crippen LogP contribution in [-0.2, 0) is 47.7 Å². The van der Waals surface area contributed by atoms with E-state index in [-0.39, 0.29) is 54.8 Å². The standard InChI is InChI=1S/C52H81NO12/c1-31-17-13-12-14-18-32(2)44(62-10)29-40-23-21-38(8)52(60,65-40)49(57)50(58)53-24-16-15-19-41(53)51(59)64-45(35(5)27-39-22-20-33(3)43(28-39)61-9)30-42(54)34(4)26-37(7)47(56)48(63-11)46(55)36(6)25-31/h12-14,17-18,26,31,33,35-41,43-45,47-48,56,60H,15-16,19-25,27-30H2,1-11H3/t31?,33?,35-,36+,37?,38-,39+,40+,41+,43-,44+,45+,47-,48+,52-/m1/s1. The molecular formula is C52H81NO12. The number of ketones is 3. The zero-order chi connectivity index (χ0) is 48.2. The number of esters is 1. The van der Waals surface area contributed by atoms with Crippen molar-refractivity contribution < 1.29 is 57.9 Å². The molecule has 13 nitrogen and oxygen atoms in total. The lowest BCUT2D eigenvalue weighted by Gasteiger charge is -2.42. The molecule has 4 rings (SSSR count). The Kier molecular flexibility index (Phi) is 21.0. The number of piperidine rings is 1. The van der Waals surface area contributed by atoms with Crippen LogP contribution in [0.1, 0.15) is 132 Å². The van der Waals surface area contributed by atoms with Gasteiger partial charge in [0, 0.05) is 58.5 Å². The molecule has 13 heteroatoms. The average Bonchev–Trinajstić information content (AvgIpc) is 3.28. The highest BCUT2D eigenvalue weighted by atomic mass is 16.6. The highest BCUT2D eigenvalue weighted by Gasteiger charge is 2.53. The van der Waals surface area contributed by atoms with E-state index in [0.29, 0.717) is 56.4 Å². The van der Waals surface area contributed by atoms with Crippen LogP contribution in [0.15, 0.2) is 47.6 Å². The largest absolute Gasteiger partial charge is 0.460 e. The van der Waals surface area contributed by atoms with Crippen LogP contribution in [0.5, 0.6) is 0 Å². The molecule has 0 spiro atoms. The smallest absolute Gasteiger partial charge is 0.329 e. The topological polar surface area (TPSA) is 175 Å². The molecule has 0 aromatic rings. The van der Waals surface area contributed by atoms with Gasteiger partial charge in [-0.05, 0) is 113 Å². The summed E-state index contributed by atoms with van der Waals surface area (Å²) in [4.78, 5) is 71.9. The second-order valence-corrected chi connectivity index (χ2v) is 20.0. The van der Waals surface area contributed by atoms with Gasteiger partial charge < -0.3 is 38.8 Å². The first-order valence-corrected chi connectivity index (χ1v) is 24.2. The molecule has 2 saturated heterocycles. The van der Waals surface area contributed by atoms with E-state index in [1.54, 1.807) is 41.1 Å². The van der Waals surface area contributed by atoms with Gasteiger partial charge in [0.2, 0.25) is 5.79 Å². The van der Waals surface area contributed by atoms with Gasteiger partial charge in [-0.1, -0.05) is 78.0 Å². The molecule has 4 aliphatic rings. The minimum absolute atomic E-state index is 0.0331. The summed E-state index contributed by atoms with van der Waals surface area (Å²) in [6, 6.07) is -1.11. The number of amides is 1. The first-order chi connectivity index (χ1) is 30.7. The van der Waals surface area contributed by atoms with Crippen LogP contribution < -0.4 is 0 Å². The number of carbonyl (C=O) groups is 5. The van der Waals surface area contributed by atoms with Crippen molar-refractivity contribution in [3.63, 3.8) is 0 Å². The van der Waals surface area contributed by atoms with Gasteiger partial charge in [-0.15, -0.1) is 0 Å². The summed E-state index contributed by atoms with van der Waals surface area (Å²) in [5.74, 6) is -7.06. The normalized spacial score (nSPS) is 37.8. The molecule has 3 fully saturated rings. The molecule has 3 aliphatic heterocycles. The first-order valence-electron chi connectivity index (χ1n) is 24.2. The third kappa shape index (κ3) is 14.3. The van der Waals surface area contributed by atoms with E-state index < -0.39 is 77.8 Å². The van der Waals surface area contributed by atoms with Gasteiger partial charge in [0.25, 0.3) is 11.7 Å². The number of hydrogen-bond acceptors (Lipinski definition) is 12. The van der Waals surface area contributed by atoms with Crippen LogP contribution in [0.3, 0.4) is 0 Å². The summed E-state index contributed by atoms with van der Waals surface area (Å²) in [5.41, 5.74) is 1.23. The molecule has 366 valence electrons. The number of allylic oxidation sites excluding steroid dienone is 6. The lowest BCUT2D eigenvalue weighted by molar-refractivity contribution is -0.265. The molecule has 1 saturated carbocycles. The Bertz CT molecular complexity index is 1750. The Morgan fingerprint density at radius 3 is 2.26 bits per heavy atom. The SMILES string of the molecule is CO[C@H]1C[C@@H]2CC[C@@H](C)[C@@](O)(O2)C(=O)C(=O)N2CCCC[C@H]2C(=O)O[C@H]([C@H](C)C[C@@H]2CCC(C)[C@H](OC)C2)CC(=O)C(C)=CC(C)[C@@H](O)[C@@H](OC)C(=O)[C@@H](C)CC(C)C=CC=CC=C1C. The van der Waals surface area contributed by atoms with Crippen LogP contribution >= 0.6 is 0 Å². The average molecular weight is 912 g/mol. The number of rotatable bonds is 6. The summed E-state index contributed by atoms with van der Waals surface area (Å²) >= 11 is 0. The highest BCUT2D eigenvalue weighted by molar-refractivity contribution is 6.39. The maximum atomic E-state index is 14.4. The van der Waals surface area contributed by atoms with Crippen molar-refractivity contribution >= 4 is 29.2 Å². The molecule has 1 amide bonds. The van der Waals surface area contributed by atoms with E-state index in [0.717, 1.165) is 24.8 Å². The highest BCUT2D eigenvalue weighted by Crippen LogP contribution is 2.38. The Morgan fingerprint density at radius 1 is 0.862 bits per heavy atom. The maximum Gasteiger partial charge on any atom is 0.329 e. The molecule has 2 N–H and O–H groups in total. The third-order valence-electron chi connectivity index (χ3n) is 14.9. The van der Waals surface area contributed by atoms with Gasteiger partial charge in [0.15, 0.2) is 11.6 Å². The summed E-state index contributed by atoms with van der Waals surface area (Å²) in [7, 11) is 4.71. The van der Waals surface area contributed by atoms with Crippen molar-refractivity contribution in [1.29, 1.82) is 0 Å². The van der Waals surface area contributed by atoms with Crippen LogP contribution in [0.4, 0.5) is 0 Å². The van der Waals surface area contributed by atoms with Crippen molar-refractivity contribution in [2.75, 3.05) is 27.9 Å². The number of nitrogens with zero attached hydrogens (tertiary/aromatic N) is 1. The predicted octanol–water partition coefficient (Wildman–Crippen LogP) is 7.46. The van der Waals surface area contributed by atoms with E-state index in [2.05, 4.69) is 6.92 Å². The van der Waals surface area contributed by atoms with Gasteiger partial charge in [-0.25, -0.2) is 4.79 Å². The number of hydrogen-bond donors (Lipinski definition) is 2. The van der Waals surface area contributed by atoms with Crippen LogP contribution in [0, 0.1) is 41.4 Å². The van der Waals surface area contributed by atoms with Crippen LogP contribution in [0.25, 0.3) is 0 Å². The molecule has 3 unspecified atom stereocenters. The van der Waals surface area contributed by atoms with Gasteiger partial charge in [0.05, 0.1) is 24.4 Å². The Hall–Kier alpha value is -3.33. The number of cyclic esters (lactones) is 1. The number of Topliss-reactive ketones (excluding diaryl/α,β-unsaturated/α-hetero) is 3. The maximum absolute atomic E-state index is 14.4. The fraction of sp³-hybridized carbons (Fsp3) is 0.750. The lowest BCUT2D eigenvalue weighted by Crippen LogP contribution is -2.61. The second-order valence-electron chi connectivity index (χ2n) is 20.0. The molecule has 65 heavy (non-hydrogen) atoms. The summed E-state index contributed by atoms with van der Waals surface area (Å²) in [5, 5.41) is 23.4. The van der Waals surface area contributed by atoms with Crippen molar-refractivity contribution in [2.24, 2.45) is 41.4 Å². The second kappa shape index (κ2) is 25.2. The van der Waals surface area contributed by atoms with Crippen LogP contribution in [0.2, 0.25) is 0 Å². The van der Waals surface area contributed by atoms with E-state index in [1.807, 2.05) is 58.1 Å². The number of methoxy groups -OCH3 is 3. The van der Waals surface area contributed by atoms with Crippen LogP contribution in [-0.4, -0.2) is 121 Å². The third-order valence-corrected chi connectivity index (χ3v) is 14.9.